The Morgan fingerprint density at radius 1 is 1.08 bits per heavy atom. The normalized spacial score (nSPS) is 15.6. The Morgan fingerprint density at radius 2 is 1.72 bits per heavy atom. The molecule has 1 aromatic carbocycles. The highest BCUT2D eigenvalue weighted by Gasteiger charge is 2.26. The summed E-state index contributed by atoms with van der Waals surface area (Å²) in [5.74, 6) is 0. The molecule has 1 aromatic heterocycles. The SMILES string of the molecule is Cc1cc(C)c(/C(=C2/C=C(Br)C=N2)c2cc(Br)cn2B(F)F)c(C)c1. The van der Waals surface area contributed by atoms with Crippen LogP contribution >= 0.6 is 31.9 Å². The van der Waals surface area contributed by atoms with E-state index in [1.54, 1.807) is 12.3 Å². The van der Waals surface area contributed by atoms with E-state index in [4.69, 9.17) is 0 Å². The van der Waals surface area contributed by atoms with Gasteiger partial charge in [-0.3, -0.25) is 13.6 Å². The van der Waals surface area contributed by atoms with Crippen LogP contribution in [-0.4, -0.2) is 18.1 Å². The van der Waals surface area contributed by atoms with Crippen LogP contribution in [0.5, 0.6) is 0 Å². The number of hydrogen-bond donors (Lipinski definition) is 0. The zero-order valence-electron chi connectivity index (χ0n) is 13.9. The van der Waals surface area contributed by atoms with E-state index in [0.717, 1.165) is 31.2 Å². The van der Waals surface area contributed by atoms with Gasteiger partial charge in [-0.05, 0) is 81.5 Å². The van der Waals surface area contributed by atoms with Crippen LogP contribution in [0, 0.1) is 20.8 Å². The van der Waals surface area contributed by atoms with Gasteiger partial charge in [0.2, 0.25) is 0 Å². The molecule has 0 radical (unpaired) electrons. The highest BCUT2D eigenvalue weighted by molar-refractivity contribution is 9.12. The molecule has 3 rings (SSSR count). The second-order valence-electron chi connectivity index (χ2n) is 6.05. The molecule has 0 saturated heterocycles. The summed E-state index contributed by atoms with van der Waals surface area (Å²) in [5, 5.41) is 0. The first kappa shape index (κ1) is 18.3. The standard InChI is InChI=1S/C18H15BBr2F2N2/c1-10-4-11(2)17(12(3)5-10)18(15-6-13(20)8-24-15)16-7-14(21)9-25(16)19(22)23/h4-9H,1-3H3/b18-15-. The van der Waals surface area contributed by atoms with E-state index in [-0.39, 0.29) is 0 Å². The Hall–Kier alpha value is -1.47. The molecule has 2 aromatic rings. The second-order valence-corrected chi connectivity index (χ2v) is 7.88. The molecule has 0 N–H and O–H groups in total. The smallest absolute Gasteiger partial charge is 0.331 e. The highest BCUT2D eigenvalue weighted by atomic mass is 79.9. The maximum absolute atomic E-state index is 13.6. The van der Waals surface area contributed by atoms with Gasteiger partial charge in [-0.25, -0.2) is 0 Å². The summed E-state index contributed by atoms with van der Waals surface area (Å²) in [7, 11) is -2.64. The lowest BCUT2D eigenvalue weighted by Gasteiger charge is -2.18. The number of hydrogen-bond acceptors (Lipinski definition) is 1. The minimum absolute atomic E-state index is 0.433. The van der Waals surface area contributed by atoms with Crippen LogP contribution < -0.4 is 0 Å². The zero-order chi connectivity index (χ0) is 18.3. The molecule has 2 nitrogen and oxygen atoms in total. The zero-order valence-corrected chi connectivity index (χ0v) is 17.1. The summed E-state index contributed by atoms with van der Waals surface area (Å²) in [6, 6.07) is 5.83. The Balaban J connectivity index is 2.38. The predicted molar refractivity (Wildman–Crippen MR) is 108 cm³/mol. The number of halogens is 4. The molecule has 0 unspecified atom stereocenters. The predicted octanol–water partition coefficient (Wildman–Crippen LogP) is 6.07. The van der Waals surface area contributed by atoms with Crippen molar-refractivity contribution < 1.29 is 8.63 Å². The highest BCUT2D eigenvalue weighted by Crippen LogP contribution is 2.37. The van der Waals surface area contributed by atoms with Crippen molar-refractivity contribution in [3.63, 3.8) is 0 Å². The Kier molecular flexibility index (Phi) is 5.16. The summed E-state index contributed by atoms with van der Waals surface area (Å²) in [4.78, 5) is 4.43. The van der Waals surface area contributed by atoms with Crippen molar-refractivity contribution in [2.24, 2.45) is 4.99 Å². The van der Waals surface area contributed by atoms with Crippen LogP contribution in [0.4, 0.5) is 8.63 Å². The van der Waals surface area contributed by atoms with Crippen LogP contribution in [0.25, 0.3) is 5.57 Å². The third kappa shape index (κ3) is 3.58. The van der Waals surface area contributed by atoms with E-state index >= 15 is 0 Å². The number of aryl methyl sites for hydroxylation is 3. The average molecular weight is 468 g/mol. The summed E-state index contributed by atoms with van der Waals surface area (Å²) in [6.45, 7) is 6.02. The summed E-state index contributed by atoms with van der Waals surface area (Å²) >= 11 is 6.73. The van der Waals surface area contributed by atoms with Crippen LogP contribution in [0.2, 0.25) is 0 Å². The molecule has 1 aliphatic heterocycles. The third-order valence-corrected chi connectivity index (χ3v) is 4.93. The quantitative estimate of drug-likeness (QED) is 0.487. The maximum atomic E-state index is 13.6. The largest absolute Gasteiger partial charge is 0.677 e. The monoisotopic (exact) mass is 466 g/mol. The van der Waals surface area contributed by atoms with Crippen molar-refractivity contribution in [1.82, 2.24) is 4.48 Å². The second kappa shape index (κ2) is 7.04. The fourth-order valence-electron chi connectivity index (χ4n) is 3.24. The number of allylic oxidation sites excluding steroid dienone is 2. The molecule has 0 spiro atoms. The van der Waals surface area contributed by atoms with E-state index in [2.05, 4.69) is 49.0 Å². The molecular formula is C18H15BBr2F2N2. The summed E-state index contributed by atoms with van der Waals surface area (Å²) in [5.41, 5.74) is 5.93. The van der Waals surface area contributed by atoms with E-state index in [0.29, 0.717) is 21.4 Å². The average Bonchev–Trinajstić information content (AvgIpc) is 3.08. The first-order chi connectivity index (χ1) is 11.8. The maximum Gasteiger partial charge on any atom is 0.677 e. The Labute approximate surface area is 162 Å². The summed E-state index contributed by atoms with van der Waals surface area (Å²) < 4.78 is 29.6. The van der Waals surface area contributed by atoms with E-state index in [1.807, 2.05) is 26.8 Å². The first-order valence-electron chi connectivity index (χ1n) is 7.67. The number of rotatable bonds is 3. The van der Waals surface area contributed by atoms with Gasteiger partial charge in [0.15, 0.2) is 0 Å². The van der Waals surface area contributed by atoms with Gasteiger partial charge in [0.25, 0.3) is 0 Å². The molecule has 0 atom stereocenters. The van der Waals surface area contributed by atoms with Crippen molar-refractivity contribution in [1.29, 1.82) is 0 Å². The van der Waals surface area contributed by atoms with E-state index < -0.39 is 7.40 Å². The fourth-order valence-corrected chi connectivity index (χ4v) is 4.00. The molecule has 128 valence electrons. The van der Waals surface area contributed by atoms with E-state index in [9.17, 15) is 8.63 Å². The lowest BCUT2D eigenvalue weighted by Crippen LogP contribution is -2.15. The van der Waals surface area contributed by atoms with Gasteiger partial charge in [0.05, 0.1) is 5.70 Å². The number of benzene rings is 1. The van der Waals surface area contributed by atoms with Gasteiger partial charge in [0.1, 0.15) is 0 Å². The third-order valence-electron chi connectivity index (χ3n) is 4.07. The molecule has 0 bridgehead atoms. The summed E-state index contributed by atoms with van der Waals surface area (Å²) in [6.07, 6.45) is 4.93. The van der Waals surface area contributed by atoms with Crippen LogP contribution in [0.1, 0.15) is 27.9 Å². The van der Waals surface area contributed by atoms with Gasteiger partial charge < -0.3 is 4.48 Å². The topological polar surface area (TPSA) is 17.3 Å². The van der Waals surface area contributed by atoms with Gasteiger partial charge in [-0.15, -0.1) is 0 Å². The minimum atomic E-state index is -2.64. The number of aliphatic imine (C=N–C) groups is 1. The van der Waals surface area contributed by atoms with Crippen molar-refractivity contribution >= 4 is 51.0 Å². The minimum Gasteiger partial charge on any atom is -0.331 e. The lowest BCUT2D eigenvalue weighted by atomic mass is 9.90. The molecule has 0 saturated carbocycles. The van der Waals surface area contributed by atoms with Gasteiger partial charge in [0, 0.05) is 32.6 Å². The van der Waals surface area contributed by atoms with Crippen molar-refractivity contribution in [3.8, 4) is 0 Å². The Morgan fingerprint density at radius 3 is 2.24 bits per heavy atom. The first-order valence-corrected chi connectivity index (χ1v) is 9.26. The van der Waals surface area contributed by atoms with Crippen molar-refractivity contribution in [3.05, 3.63) is 73.1 Å². The molecule has 2 heterocycles. The molecule has 25 heavy (non-hydrogen) atoms. The van der Waals surface area contributed by atoms with Crippen LogP contribution in [-0.2, 0) is 0 Å². The lowest BCUT2D eigenvalue weighted by molar-refractivity contribution is 0.628. The van der Waals surface area contributed by atoms with Crippen molar-refractivity contribution in [2.75, 3.05) is 0 Å². The Bertz CT molecular complexity index is 920. The molecule has 1 aliphatic rings. The van der Waals surface area contributed by atoms with Gasteiger partial charge in [-0.1, -0.05) is 17.7 Å². The van der Waals surface area contributed by atoms with E-state index in [1.165, 1.54) is 6.20 Å². The van der Waals surface area contributed by atoms with Gasteiger partial charge >= 0.3 is 7.40 Å². The fraction of sp³-hybridized carbons (Fsp3) is 0.167. The van der Waals surface area contributed by atoms with Crippen molar-refractivity contribution in [2.45, 2.75) is 20.8 Å². The number of aromatic nitrogens is 1. The molecule has 0 aliphatic carbocycles. The van der Waals surface area contributed by atoms with Crippen LogP contribution in [0.15, 0.2) is 50.1 Å². The number of nitrogens with zero attached hydrogens (tertiary/aromatic N) is 2. The molecule has 0 amide bonds. The molecule has 7 heteroatoms. The van der Waals surface area contributed by atoms with Crippen LogP contribution in [0.3, 0.4) is 0 Å². The molecular weight excluding hydrogens is 453 g/mol. The molecule has 0 fully saturated rings. The van der Waals surface area contributed by atoms with Gasteiger partial charge in [-0.2, -0.15) is 0 Å².